The van der Waals surface area contributed by atoms with Gasteiger partial charge in [0.2, 0.25) is 0 Å². The molecular weight excluding hydrogens is 180 g/mol. The highest BCUT2D eigenvalue weighted by Crippen LogP contribution is 2.20. The molecule has 1 aromatic carbocycles. The van der Waals surface area contributed by atoms with Gasteiger partial charge < -0.3 is 5.32 Å². The minimum absolute atomic E-state index is 0.195. The standard InChI is InChI=1S/C9H10N4O/c1-6-3-4-7(9(14)11-2)5-8(6)12-13-10/h3-5H,1-2H3,(H,11,14). The molecule has 1 amide bonds. The van der Waals surface area contributed by atoms with Gasteiger partial charge in [-0.2, -0.15) is 0 Å². The van der Waals surface area contributed by atoms with E-state index in [0.717, 1.165) is 5.56 Å². The monoisotopic (exact) mass is 190 g/mol. The fraction of sp³-hybridized carbons (Fsp3) is 0.222. The Morgan fingerprint density at radius 3 is 2.86 bits per heavy atom. The van der Waals surface area contributed by atoms with E-state index in [-0.39, 0.29) is 5.91 Å². The molecule has 0 aliphatic carbocycles. The van der Waals surface area contributed by atoms with Gasteiger partial charge in [-0.1, -0.05) is 11.2 Å². The summed E-state index contributed by atoms with van der Waals surface area (Å²) in [5.74, 6) is -0.195. The van der Waals surface area contributed by atoms with Crippen LogP contribution in [0.2, 0.25) is 0 Å². The van der Waals surface area contributed by atoms with Gasteiger partial charge in [-0.05, 0) is 30.2 Å². The number of aryl methyl sites for hydroxylation is 1. The highest BCUT2D eigenvalue weighted by atomic mass is 16.1. The van der Waals surface area contributed by atoms with Crippen LogP contribution < -0.4 is 5.32 Å². The lowest BCUT2D eigenvalue weighted by molar-refractivity contribution is 0.0963. The lowest BCUT2D eigenvalue weighted by Gasteiger charge is -2.02. The van der Waals surface area contributed by atoms with Crippen LogP contribution in [-0.2, 0) is 0 Å². The fourth-order valence-electron chi connectivity index (χ4n) is 1.05. The highest BCUT2D eigenvalue weighted by Gasteiger charge is 2.04. The maximum absolute atomic E-state index is 11.2. The summed E-state index contributed by atoms with van der Waals surface area (Å²) < 4.78 is 0. The van der Waals surface area contributed by atoms with Crippen molar-refractivity contribution >= 4 is 11.6 Å². The van der Waals surface area contributed by atoms with Gasteiger partial charge in [-0.15, -0.1) is 0 Å². The zero-order valence-electron chi connectivity index (χ0n) is 7.98. The summed E-state index contributed by atoms with van der Waals surface area (Å²) in [6.07, 6.45) is 0. The first-order valence-corrected chi connectivity index (χ1v) is 4.07. The summed E-state index contributed by atoms with van der Waals surface area (Å²) in [4.78, 5) is 13.9. The first kappa shape index (κ1) is 10.1. The van der Waals surface area contributed by atoms with Gasteiger partial charge in [0.25, 0.3) is 5.91 Å². The van der Waals surface area contributed by atoms with Crippen molar-refractivity contribution in [2.45, 2.75) is 6.92 Å². The molecule has 1 N–H and O–H groups in total. The Balaban J connectivity index is 3.18. The Kier molecular flexibility index (Phi) is 3.09. The smallest absolute Gasteiger partial charge is 0.251 e. The van der Waals surface area contributed by atoms with Crippen molar-refractivity contribution in [3.05, 3.63) is 39.8 Å². The molecule has 0 heterocycles. The van der Waals surface area contributed by atoms with Crippen LogP contribution in [0.3, 0.4) is 0 Å². The molecule has 0 aliphatic heterocycles. The molecule has 0 spiro atoms. The van der Waals surface area contributed by atoms with E-state index in [9.17, 15) is 4.79 Å². The molecule has 72 valence electrons. The number of hydrogen-bond donors (Lipinski definition) is 1. The summed E-state index contributed by atoms with van der Waals surface area (Å²) in [5, 5.41) is 5.98. The molecule has 1 rings (SSSR count). The molecule has 0 aromatic heterocycles. The van der Waals surface area contributed by atoms with Gasteiger partial charge in [0.05, 0.1) is 0 Å². The Morgan fingerprint density at radius 1 is 1.57 bits per heavy atom. The molecule has 0 atom stereocenters. The van der Waals surface area contributed by atoms with Crippen molar-refractivity contribution in [3.8, 4) is 0 Å². The van der Waals surface area contributed by atoms with Crippen LogP contribution in [0, 0.1) is 6.92 Å². The molecule has 0 aliphatic rings. The Bertz CT molecular complexity index is 407. The first-order valence-electron chi connectivity index (χ1n) is 4.07. The molecule has 0 fully saturated rings. The van der Waals surface area contributed by atoms with Crippen molar-refractivity contribution in [1.29, 1.82) is 0 Å². The van der Waals surface area contributed by atoms with Crippen molar-refractivity contribution in [2.75, 3.05) is 7.05 Å². The zero-order valence-corrected chi connectivity index (χ0v) is 7.98. The third kappa shape index (κ3) is 2.02. The number of nitrogens with zero attached hydrogens (tertiary/aromatic N) is 3. The van der Waals surface area contributed by atoms with Gasteiger partial charge in [-0.3, -0.25) is 4.79 Å². The number of carbonyl (C=O) groups is 1. The van der Waals surface area contributed by atoms with Gasteiger partial charge >= 0.3 is 0 Å². The predicted molar refractivity (Wildman–Crippen MR) is 53.4 cm³/mol. The molecule has 5 nitrogen and oxygen atoms in total. The Morgan fingerprint density at radius 2 is 2.29 bits per heavy atom. The number of benzene rings is 1. The van der Waals surface area contributed by atoms with Crippen LogP contribution in [0.1, 0.15) is 15.9 Å². The highest BCUT2D eigenvalue weighted by molar-refractivity contribution is 5.94. The molecule has 0 saturated heterocycles. The van der Waals surface area contributed by atoms with Gasteiger partial charge in [0.1, 0.15) is 0 Å². The van der Waals surface area contributed by atoms with E-state index in [1.54, 1.807) is 25.2 Å². The lowest BCUT2D eigenvalue weighted by atomic mass is 10.1. The van der Waals surface area contributed by atoms with Crippen LogP contribution in [-0.4, -0.2) is 13.0 Å². The van der Waals surface area contributed by atoms with E-state index in [2.05, 4.69) is 15.3 Å². The quantitative estimate of drug-likeness (QED) is 0.433. The lowest BCUT2D eigenvalue weighted by Crippen LogP contribution is -2.17. The van der Waals surface area contributed by atoms with E-state index in [0.29, 0.717) is 11.3 Å². The number of amides is 1. The van der Waals surface area contributed by atoms with Crippen molar-refractivity contribution in [2.24, 2.45) is 5.11 Å². The average molecular weight is 190 g/mol. The number of hydrogen-bond acceptors (Lipinski definition) is 2. The molecule has 0 radical (unpaired) electrons. The van der Waals surface area contributed by atoms with Crippen molar-refractivity contribution < 1.29 is 4.79 Å². The van der Waals surface area contributed by atoms with Crippen LogP contribution in [0.25, 0.3) is 10.4 Å². The molecule has 5 heteroatoms. The van der Waals surface area contributed by atoms with E-state index in [1.807, 2.05) is 6.92 Å². The van der Waals surface area contributed by atoms with Crippen LogP contribution in [0.5, 0.6) is 0 Å². The molecule has 14 heavy (non-hydrogen) atoms. The Hall–Kier alpha value is -2.00. The second-order valence-electron chi connectivity index (χ2n) is 2.77. The van der Waals surface area contributed by atoms with Crippen molar-refractivity contribution in [3.63, 3.8) is 0 Å². The SMILES string of the molecule is CNC(=O)c1ccc(C)c(N=[N+]=[N-])c1. The maximum Gasteiger partial charge on any atom is 0.251 e. The molecular formula is C9H10N4O. The van der Waals surface area contributed by atoms with E-state index in [4.69, 9.17) is 5.53 Å². The number of nitrogens with one attached hydrogen (secondary N) is 1. The third-order valence-electron chi connectivity index (χ3n) is 1.85. The second-order valence-corrected chi connectivity index (χ2v) is 2.77. The maximum atomic E-state index is 11.2. The van der Waals surface area contributed by atoms with Crippen LogP contribution >= 0.6 is 0 Å². The minimum atomic E-state index is -0.195. The zero-order chi connectivity index (χ0) is 10.6. The predicted octanol–water partition coefficient (Wildman–Crippen LogP) is 2.30. The van der Waals surface area contributed by atoms with E-state index >= 15 is 0 Å². The normalized spacial score (nSPS) is 9.00. The second kappa shape index (κ2) is 4.30. The summed E-state index contributed by atoms with van der Waals surface area (Å²) in [6, 6.07) is 4.99. The Labute approximate surface area is 81.4 Å². The third-order valence-corrected chi connectivity index (χ3v) is 1.85. The van der Waals surface area contributed by atoms with E-state index in [1.165, 1.54) is 0 Å². The average Bonchev–Trinajstić information content (AvgIpc) is 2.20. The number of carbonyl (C=O) groups excluding carboxylic acids is 1. The summed E-state index contributed by atoms with van der Waals surface area (Å²) in [6.45, 7) is 1.82. The summed E-state index contributed by atoms with van der Waals surface area (Å²) in [5.41, 5.74) is 10.1. The first-order chi connectivity index (χ1) is 6.69. The van der Waals surface area contributed by atoms with E-state index < -0.39 is 0 Å². The summed E-state index contributed by atoms with van der Waals surface area (Å²) in [7, 11) is 1.55. The van der Waals surface area contributed by atoms with Gasteiger partial charge in [-0.25, -0.2) is 0 Å². The van der Waals surface area contributed by atoms with Gasteiger partial charge in [0.15, 0.2) is 0 Å². The molecule has 1 aromatic rings. The van der Waals surface area contributed by atoms with Crippen LogP contribution in [0.4, 0.5) is 5.69 Å². The molecule has 0 unspecified atom stereocenters. The molecule has 0 saturated carbocycles. The minimum Gasteiger partial charge on any atom is -0.355 e. The summed E-state index contributed by atoms with van der Waals surface area (Å²) >= 11 is 0. The van der Waals surface area contributed by atoms with Crippen molar-refractivity contribution in [1.82, 2.24) is 5.32 Å². The molecule has 0 bridgehead atoms. The number of azide groups is 1. The van der Waals surface area contributed by atoms with Gasteiger partial charge in [0, 0.05) is 23.2 Å². The largest absolute Gasteiger partial charge is 0.355 e. The fourth-order valence-corrected chi connectivity index (χ4v) is 1.05. The topological polar surface area (TPSA) is 77.9 Å². The van der Waals surface area contributed by atoms with Crippen LogP contribution in [0.15, 0.2) is 23.3 Å². The number of rotatable bonds is 2.